The first-order valence-corrected chi connectivity index (χ1v) is 7.28. The van der Waals surface area contributed by atoms with E-state index in [4.69, 9.17) is 14.2 Å². The third kappa shape index (κ3) is 3.85. The van der Waals surface area contributed by atoms with Gasteiger partial charge in [-0.15, -0.1) is 0 Å². The molecule has 2 N–H and O–H groups in total. The molecule has 1 aliphatic heterocycles. The maximum Gasteiger partial charge on any atom is 0.315 e. The van der Waals surface area contributed by atoms with Gasteiger partial charge >= 0.3 is 6.03 Å². The van der Waals surface area contributed by atoms with E-state index in [2.05, 4.69) is 10.6 Å². The van der Waals surface area contributed by atoms with Crippen LogP contribution in [0.15, 0.2) is 42.5 Å². The maximum absolute atomic E-state index is 11.9. The number of methoxy groups -OCH3 is 1. The predicted molar refractivity (Wildman–Crippen MR) is 84.6 cm³/mol. The smallest absolute Gasteiger partial charge is 0.315 e. The molecular formula is C17H18N2O4. The standard InChI is InChI=1S/C17H18N2O4/c1-21-14-4-2-3-12(7-14)9-18-17(20)19-10-13-5-6-15-16(8-13)23-11-22-15/h2-8H,9-11H2,1H3,(H2,18,19,20). The van der Waals surface area contributed by atoms with E-state index in [1.807, 2.05) is 42.5 Å². The van der Waals surface area contributed by atoms with Crippen LogP contribution in [-0.2, 0) is 13.1 Å². The number of carbonyl (C=O) groups is 1. The van der Waals surface area contributed by atoms with Gasteiger partial charge in [0.25, 0.3) is 0 Å². The lowest BCUT2D eigenvalue weighted by Gasteiger charge is -2.09. The van der Waals surface area contributed by atoms with Crippen molar-refractivity contribution in [2.24, 2.45) is 0 Å². The molecule has 6 heteroatoms. The third-order valence-electron chi connectivity index (χ3n) is 3.48. The number of ether oxygens (including phenoxy) is 3. The first-order valence-electron chi connectivity index (χ1n) is 7.28. The fourth-order valence-corrected chi connectivity index (χ4v) is 2.26. The molecule has 0 spiro atoms. The van der Waals surface area contributed by atoms with Crippen LogP contribution in [0.1, 0.15) is 11.1 Å². The van der Waals surface area contributed by atoms with E-state index in [-0.39, 0.29) is 12.8 Å². The minimum Gasteiger partial charge on any atom is -0.497 e. The lowest BCUT2D eigenvalue weighted by Crippen LogP contribution is -2.34. The first kappa shape index (κ1) is 15.0. The van der Waals surface area contributed by atoms with Crippen LogP contribution < -0.4 is 24.8 Å². The average molecular weight is 314 g/mol. The van der Waals surface area contributed by atoms with E-state index < -0.39 is 0 Å². The summed E-state index contributed by atoms with van der Waals surface area (Å²) in [5.41, 5.74) is 1.92. The normalized spacial score (nSPS) is 11.9. The molecule has 3 rings (SSSR count). The molecule has 2 amide bonds. The van der Waals surface area contributed by atoms with Gasteiger partial charge in [-0.3, -0.25) is 0 Å². The minimum atomic E-state index is -0.231. The first-order chi connectivity index (χ1) is 11.2. The Kier molecular flexibility index (Phi) is 4.52. The molecule has 120 valence electrons. The van der Waals surface area contributed by atoms with Crippen LogP contribution in [0.5, 0.6) is 17.2 Å². The van der Waals surface area contributed by atoms with Gasteiger partial charge in [0, 0.05) is 13.1 Å². The highest BCUT2D eigenvalue weighted by Gasteiger charge is 2.13. The number of carbonyl (C=O) groups excluding carboxylic acids is 1. The Morgan fingerprint density at radius 2 is 1.78 bits per heavy atom. The lowest BCUT2D eigenvalue weighted by molar-refractivity contribution is 0.174. The molecule has 0 aromatic heterocycles. The van der Waals surface area contributed by atoms with E-state index in [1.54, 1.807) is 7.11 Å². The van der Waals surface area contributed by atoms with Crippen LogP contribution in [0.2, 0.25) is 0 Å². The number of hydrogen-bond acceptors (Lipinski definition) is 4. The zero-order chi connectivity index (χ0) is 16.1. The Morgan fingerprint density at radius 3 is 2.57 bits per heavy atom. The van der Waals surface area contributed by atoms with Crippen LogP contribution in [0.4, 0.5) is 4.79 Å². The van der Waals surface area contributed by atoms with Gasteiger partial charge in [-0.2, -0.15) is 0 Å². The average Bonchev–Trinajstić information content (AvgIpc) is 3.06. The molecule has 2 aromatic carbocycles. The molecule has 6 nitrogen and oxygen atoms in total. The van der Waals surface area contributed by atoms with Crippen molar-refractivity contribution in [1.82, 2.24) is 10.6 Å². The topological polar surface area (TPSA) is 68.8 Å². The van der Waals surface area contributed by atoms with Gasteiger partial charge in [0.05, 0.1) is 7.11 Å². The zero-order valence-electron chi connectivity index (χ0n) is 12.8. The second-order valence-corrected chi connectivity index (χ2v) is 5.08. The maximum atomic E-state index is 11.9. The summed E-state index contributed by atoms with van der Waals surface area (Å²) in [6.07, 6.45) is 0. The number of nitrogens with one attached hydrogen (secondary N) is 2. The molecule has 0 aliphatic carbocycles. The largest absolute Gasteiger partial charge is 0.497 e. The number of rotatable bonds is 5. The van der Waals surface area contributed by atoms with Crippen LogP contribution in [0.3, 0.4) is 0 Å². The molecule has 0 atom stereocenters. The highest BCUT2D eigenvalue weighted by Crippen LogP contribution is 2.32. The molecule has 0 radical (unpaired) electrons. The van der Waals surface area contributed by atoms with E-state index in [1.165, 1.54) is 0 Å². The Labute approximate surface area is 134 Å². The zero-order valence-corrected chi connectivity index (χ0v) is 12.8. The molecule has 0 saturated heterocycles. The Balaban J connectivity index is 1.48. The number of hydrogen-bond donors (Lipinski definition) is 2. The van der Waals surface area contributed by atoms with Gasteiger partial charge in [-0.05, 0) is 35.4 Å². The second-order valence-electron chi connectivity index (χ2n) is 5.08. The second kappa shape index (κ2) is 6.91. The third-order valence-corrected chi connectivity index (χ3v) is 3.48. The van der Waals surface area contributed by atoms with Crippen molar-refractivity contribution in [1.29, 1.82) is 0 Å². The number of urea groups is 1. The van der Waals surface area contributed by atoms with Crippen molar-refractivity contribution in [3.8, 4) is 17.2 Å². The Hall–Kier alpha value is -2.89. The predicted octanol–water partition coefficient (Wildman–Crippen LogP) is 2.42. The Morgan fingerprint density at radius 1 is 1.04 bits per heavy atom. The summed E-state index contributed by atoms with van der Waals surface area (Å²) < 4.78 is 15.7. The quantitative estimate of drug-likeness (QED) is 0.889. The SMILES string of the molecule is COc1cccc(CNC(=O)NCc2ccc3c(c2)OCO3)c1. The van der Waals surface area contributed by atoms with E-state index >= 15 is 0 Å². The van der Waals surface area contributed by atoms with Gasteiger partial charge in [0.1, 0.15) is 5.75 Å². The molecule has 2 aromatic rings. The lowest BCUT2D eigenvalue weighted by atomic mass is 10.2. The van der Waals surface area contributed by atoms with Gasteiger partial charge in [0.15, 0.2) is 11.5 Å². The highest BCUT2D eigenvalue weighted by molar-refractivity contribution is 5.73. The summed E-state index contributed by atoms with van der Waals surface area (Å²) in [4.78, 5) is 11.9. The van der Waals surface area contributed by atoms with Crippen LogP contribution in [0, 0.1) is 0 Å². The fourth-order valence-electron chi connectivity index (χ4n) is 2.26. The van der Waals surface area contributed by atoms with Crippen molar-refractivity contribution >= 4 is 6.03 Å². The van der Waals surface area contributed by atoms with Crippen LogP contribution in [0.25, 0.3) is 0 Å². The van der Waals surface area contributed by atoms with E-state index in [9.17, 15) is 4.79 Å². The summed E-state index contributed by atoms with van der Waals surface area (Å²) in [7, 11) is 1.62. The van der Waals surface area contributed by atoms with Gasteiger partial charge < -0.3 is 24.8 Å². The Bertz CT molecular complexity index is 703. The van der Waals surface area contributed by atoms with Gasteiger partial charge in [-0.25, -0.2) is 4.79 Å². The van der Waals surface area contributed by atoms with E-state index in [0.717, 1.165) is 22.6 Å². The molecular weight excluding hydrogens is 296 g/mol. The minimum absolute atomic E-state index is 0.231. The number of fused-ring (bicyclic) bond motifs is 1. The van der Waals surface area contributed by atoms with Crippen LogP contribution >= 0.6 is 0 Å². The summed E-state index contributed by atoms with van der Waals surface area (Å²) in [6, 6.07) is 12.9. The van der Waals surface area contributed by atoms with Crippen molar-refractivity contribution in [2.45, 2.75) is 13.1 Å². The van der Waals surface area contributed by atoms with Crippen LogP contribution in [-0.4, -0.2) is 19.9 Å². The molecule has 1 aliphatic rings. The summed E-state index contributed by atoms with van der Waals surface area (Å²) in [5.74, 6) is 2.21. The number of benzene rings is 2. The summed E-state index contributed by atoms with van der Waals surface area (Å²) in [6.45, 7) is 1.10. The fraction of sp³-hybridized carbons (Fsp3) is 0.235. The molecule has 0 fully saturated rings. The summed E-state index contributed by atoms with van der Waals surface area (Å²) >= 11 is 0. The van der Waals surface area contributed by atoms with Crippen molar-refractivity contribution in [3.63, 3.8) is 0 Å². The van der Waals surface area contributed by atoms with Crippen molar-refractivity contribution < 1.29 is 19.0 Å². The molecule has 0 unspecified atom stereocenters. The molecule has 1 heterocycles. The van der Waals surface area contributed by atoms with Crippen molar-refractivity contribution in [2.75, 3.05) is 13.9 Å². The highest BCUT2D eigenvalue weighted by atomic mass is 16.7. The van der Waals surface area contributed by atoms with E-state index in [0.29, 0.717) is 18.8 Å². The molecule has 0 saturated carbocycles. The monoisotopic (exact) mass is 314 g/mol. The number of amides is 2. The molecule has 0 bridgehead atoms. The summed E-state index contributed by atoms with van der Waals surface area (Å²) in [5, 5.41) is 5.62. The van der Waals surface area contributed by atoms with Crippen molar-refractivity contribution in [3.05, 3.63) is 53.6 Å². The van der Waals surface area contributed by atoms with Gasteiger partial charge in [-0.1, -0.05) is 18.2 Å². The molecule has 23 heavy (non-hydrogen) atoms. The van der Waals surface area contributed by atoms with Gasteiger partial charge in [0.2, 0.25) is 6.79 Å².